The van der Waals surface area contributed by atoms with Gasteiger partial charge in [-0.3, -0.25) is 10.2 Å². The van der Waals surface area contributed by atoms with Crippen molar-refractivity contribution in [2.75, 3.05) is 19.0 Å². The van der Waals surface area contributed by atoms with Gasteiger partial charge in [0.05, 0.1) is 18.7 Å². The molecule has 9 heteroatoms. The first kappa shape index (κ1) is 30.2. The van der Waals surface area contributed by atoms with Crippen LogP contribution in [0.1, 0.15) is 75.2 Å². The Bertz CT molecular complexity index is 1740. The van der Waals surface area contributed by atoms with E-state index in [2.05, 4.69) is 22.8 Å². The standard InChI is InChI=1S/C35H36N4O5/c1-19(2)18-38-34(41)22-9-11-23(28(14-22)35(42)43)25-16-31(40)32(44-3)17-27(25)30-15-24(20-7-5-4-6-8-20)26-13-21(33(36)37)10-12-29(26)39-30/h4-14,16-17,19,24,30,39-40H,15,18H2,1-3H3,(H3,36,37)(H,38,41)(H,42,43). The number of amides is 1. The number of aromatic hydroxyl groups is 1. The van der Waals surface area contributed by atoms with Gasteiger partial charge in [0.1, 0.15) is 5.84 Å². The molecular weight excluding hydrogens is 556 g/mol. The first-order chi connectivity index (χ1) is 21.1. The number of methoxy groups -OCH3 is 1. The Morgan fingerprint density at radius 3 is 2.39 bits per heavy atom. The van der Waals surface area contributed by atoms with Crippen LogP contribution in [-0.4, -0.2) is 41.6 Å². The van der Waals surface area contributed by atoms with Gasteiger partial charge in [0.15, 0.2) is 11.5 Å². The largest absolute Gasteiger partial charge is 0.504 e. The number of carboxylic acid groups (broad SMARTS) is 1. The molecule has 2 atom stereocenters. The first-order valence-corrected chi connectivity index (χ1v) is 14.4. The zero-order valence-electron chi connectivity index (χ0n) is 24.8. The average molecular weight is 593 g/mol. The number of anilines is 1. The van der Waals surface area contributed by atoms with E-state index >= 15 is 0 Å². The van der Waals surface area contributed by atoms with Crippen LogP contribution < -0.4 is 21.1 Å². The SMILES string of the molecule is COc1cc(C2CC(c3ccccc3)c3cc(C(=N)N)ccc3N2)c(-c2ccc(C(=O)NCC(C)C)cc2C(=O)O)cc1O. The van der Waals surface area contributed by atoms with E-state index < -0.39 is 5.97 Å². The number of phenols is 1. The minimum Gasteiger partial charge on any atom is -0.504 e. The number of phenolic OH excluding ortho intramolecular Hbond substituents is 1. The van der Waals surface area contributed by atoms with E-state index in [-0.39, 0.29) is 52.2 Å². The predicted molar refractivity (Wildman–Crippen MR) is 171 cm³/mol. The van der Waals surface area contributed by atoms with Crippen LogP contribution in [-0.2, 0) is 0 Å². The third-order valence-corrected chi connectivity index (χ3v) is 7.94. The van der Waals surface area contributed by atoms with E-state index in [4.69, 9.17) is 15.9 Å². The van der Waals surface area contributed by atoms with Crippen molar-refractivity contribution >= 4 is 23.4 Å². The van der Waals surface area contributed by atoms with Gasteiger partial charge < -0.3 is 31.3 Å². The highest BCUT2D eigenvalue weighted by atomic mass is 16.5. The molecule has 44 heavy (non-hydrogen) atoms. The highest BCUT2D eigenvalue weighted by Gasteiger charge is 2.32. The molecule has 1 aliphatic rings. The summed E-state index contributed by atoms with van der Waals surface area (Å²) in [5.41, 5.74) is 11.2. The summed E-state index contributed by atoms with van der Waals surface area (Å²) in [5, 5.41) is 35.5. The third kappa shape index (κ3) is 6.08. The lowest BCUT2D eigenvalue weighted by molar-refractivity contribution is 0.0697. The molecule has 5 rings (SSSR count). The fourth-order valence-electron chi connectivity index (χ4n) is 5.73. The van der Waals surface area contributed by atoms with Crippen molar-refractivity contribution in [2.24, 2.45) is 11.7 Å². The number of hydrogen-bond acceptors (Lipinski definition) is 6. The number of carboxylic acids is 1. The molecule has 9 nitrogen and oxygen atoms in total. The molecule has 226 valence electrons. The average Bonchev–Trinajstić information content (AvgIpc) is 3.02. The van der Waals surface area contributed by atoms with Gasteiger partial charge in [0.2, 0.25) is 0 Å². The summed E-state index contributed by atoms with van der Waals surface area (Å²) in [6, 6.07) is 23.2. The van der Waals surface area contributed by atoms with Crippen LogP contribution in [0.4, 0.5) is 5.69 Å². The van der Waals surface area contributed by atoms with Crippen LogP contribution in [0.2, 0.25) is 0 Å². The number of carbonyl (C=O) groups is 2. The molecule has 0 fully saturated rings. The summed E-state index contributed by atoms with van der Waals surface area (Å²) in [7, 11) is 1.46. The highest BCUT2D eigenvalue weighted by Crippen LogP contribution is 2.48. The summed E-state index contributed by atoms with van der Waals surface area (Å²) in [6.07, 6.45) is 0.581. The fraction of sp³-hybridized carbons (Fsp3) is 0.229. The molecule has 0 saturated heterocycles. The van der Waals surface area contributed by atoms with Crippen LogP contribution in [0.25, 0.3) is 11.1 Å². The van der Waals surface area contributed by atoms with E-state index in [1.807, 2.05) is 44.2 Å². The number of aromatic carboxylic acids is 1. The third-order valence-electron chi connectivity index (χ3n) is 7.94. The van der Waals surface area contributed by atoms with Gasteiger partial charge in [-0.2, -0.15) is 0 Å². The molecule has 2 unspecified atom stereocenters. The molecule has 1 aliphatic heterocycles. The molecule has 0 bridgehead atoms. The molecule has 0 aliphatic carbocycles. The molecule has 0 radical (unpaired) electrons. The van der Waals surface area contributed by atoms with Crippen molar-refractivity contribution in [3.8, 4) is 22.6 Å². The molecule has 4 aromatic rings. The Hall–Kier alpha value is -5.31. The maximum absolute atomic E-state index is 12.8. The van der Waals surface area contributed by atoms with E-state index in [0.29, 0.717) is 29.7 Å². The van der Waals surface area contributed by atoms with Gasteiger partial charge in [-0.25, -0.2) is 4.79 Å². The van der Waals surface area contributed by atoms with Crippen molar-refractivity contribution in [3.05, 3.63) is 112 Å². The van der Waals surface area contributed by atoms with Crippen LogP contribution >= 0.6 is 0 Å². The number of ether oxygens (including phenoxy) is 1. The molecule has 0 spiro atoms. The molecule has 1 amide bonds. The van der Waals surface area contributed by atoms with Gasteiger partial charge in [0, 0.05) is 29.3 Å². The summed E-state index contributed by atoms with van der Waals surface area (Å²) in [5.74, 6) is -1.29. The minimum atomic E-state index is -1.19. The Morgan fingerprint density at radius 1 is 1.00 bits per heavy atom. The number of hydrogen-bond donors (Lipinski definition) is 6. The summed E-state index contributed by atoms with van der Waals surface area (Å²) >= 11 is 0. The predicted octanol–water partition coefficient (Wildman–Crippen LogP) is 6.12. The minimum absolute atomic E-state index is 0.0187. The van der Waals surface area contributed by atoms with Crippen LogP contribution in [0, 0.1) is 11.3 Å². The zero-order chi connectivity index (χ0) is 31.5. The number of rotatable bonds is 9. The summed E-state index contributed by atoms with van der Waals surface area (Å²) in [6.45, 7) is 4.42. The Kier molecular flexibility index (Phi) is 8.57. The Morgan fingerprint density at radius 2 is 1.73 bits per heavy atom. The molecule has 7 N–H and O–H groups in total. The van der Waals surface area contributed by atoms with Crippen LogP contribution in [0.5, 0.6) is 11.5 Å². The molecule has 4 aromatic carbocycles. The number of amidine groups is 1. The summed E-state index contributed by atoms with van der Waals surface area (Å²) < 4.78 is 5.48. The number of nitrogens with two attached hydrogens (primary N) is 1. The molecule has 0 saturated carbocycles. The van der Waals surface area contributed by atoms with Crippen molar-refractivity contribution in [1.29, 1.82) is 5.41 Å². The first-order valence-electron chi connectivity index (χ1n) is 14.4. The van der Waals surface area contributed by atoms with Crippen molar-refractivity contribution < 1.29 is 24.5 Å². The maximum Gasteiger partial charge on any atom is 0.336 e. The van der Waals surface area contributed by atoms with E-state index in [9.17, 15) is 19.8 Å². The molecule has 1 heterocycles. The zero-order valence-corrected chi connectivity index (χ0v) is 24.8. The maximum atomic E-state index is 12.8. The normalized spacial score (nSPS) is 15.6. The highest BCUT2D eigenvalue weighted by molar-refractivity contribution is 6.02. The second-order valence-electron chi connectivity index (χ2n) is 11.4. The Balaban J connectivity index is 1.65. The van der Waals surface area contributed by atoms with Gasteiger partial charge in [-0.1, -0.05) is 50.2 Å². The second kappa shape index (κ2) is 12.5. The topological polar surface area (TPSA) is 158 Å². The van der Waals surface area contributed by atoms with Gasteiger partial charge >= 0.3 is 5.97 Å². The lowest BCUT2D eigenvalue weighted by Gasteiger charge is -2.35. The summed E-state index contributed by atoms with van der Waals surface area (Å²) in [4.78, 5) is 25.3. The van der Waals surface area contributed by atoms with Gasteiger partial charge in [0.25, 0.3) is 5.91 Å². The van der Waals surface area contributed by atoms with Gasteiger partial charge in [-0.15, -0.1) is 0 Å². The number of nitrogens with one attached hydrogen (secondary N) is 3. The van der Waals surface area contributed by atoms with Crippen molar-refractivity contribution in [1.82, 2.24) is 5.32 Å². The lowest BCUT2D eigenvalue weighted by Crippen LogP contribution is -2.27. The van der Waals surface area contributed by atoms with Crippen molar-refractivity contribution in [3.63, 3.8) is 0 Å². The van der Waals surface area contributed by atoms with Gasteiger partial charge in [-0.05, 0) is 82.6 Å². The monoisotopic (exact) mass is 592 g/mol. The fourth-order valence-corrected chi connectivity index (χ4v) is 5.73. The van der Waals surface area contributed by atoms with Crippen LogP contribution in [0.3, 0.4) is 0 Å². The smallest absolute Gasteiger partial charge is 0.336 e. The number of carbonyl (C=O) groups excluding carboxylic acids is 1. The molecular formula is C35H36N4O5. The molecule has 0 aromatic heterocycles. The van der Waals surface area contributed by atoms with Crippen LogP contribution in [0.15, 0.2) is 78.9 Å². The van der Waals surface area contributed by atoms with E-state index in [1.54, 1.807) is 24.3 Å². The number of nitrogen functional groups attached to an aromatic ring is 1. The number of fused-ring (bicyclic) bond motifs is 1. The number of benzene rings is 4. The Labute approximate surface area is 256 Å². The quantitative estimate of drug-likeness (QED) is 0.101. The van der Waals surface area contributed by atoms with Crippen molar-refractivity contribution in [2.45, 2.75) is 32.2 Å². The second-order valence-corrected chi connectivity index (χ2v) is 11.4. The van der Waals surface area contributed by atoms with E-state index in [1.165, 1.54) is 19.2 Å². The van der Waals surface area contributed by atoms with E-state index in [0.717, 1.165) is 22.4 Å². The lowest BCUT2D eigenvalue weighted by atomic mass is 9.78.